The zero-order valence-corrected chi connectivity index (χ0v) is 18.3. The average molecular weight is 448 g/mol. The van der Waals surface area contributed by atoms with Gasteiger partial charge < -0.3 is 20.3 Å². The minimum atomic E-state index is -0.547. The second-order valence-electron chi connectivity index (χ2n) is 7.08. The number of carbonyl (C=O) groups excluding carboxylic acids is 2. The highest BCUT2D eigenvalue weighted by Gasteiger charge is 2.22. The third-order valence-electron chi connectivity index (χ3n) is 4.87. The lowest BCUT2D eigenvalue weighted by atomic mass is 10.1. The number of nitro benzene ring substituents is 1. The van der Waals surface area contributed by atoms with Gasteiger partial charge in [-0.05, 0) is 55.5 Å². The summed E-state index contributed by atoms with van der Waals surface area (Å²) in [6, 6.07) is 20.0. The molecule has 9 heteroatoms. The minimum Gasteiger partial charge on any atom is -0.497 e. The van der Waals surface area contributed by atoms with Crippen molar-refractivity contribution in [3.8, 4) is 5.75 Å². The molecular weight excluding hydrogens is 424 g/mol. The van der Waals surface area contributed by atoms with Crippen LogP contribution >= 0.6 is 0 Å². The van der Waals surface area contributed by atoms with E-state index in [4.69, 9.17) is 4.74 Å². The predicted octanol–water partition coefficient (Wildman–Crippen LogP) is 4.45. The zero-order valence-electron chi connectivity index (χ0n) is 18.3. The van der Waals surface area contributed by atoms with Crippen LogP contribution in [-0.2, 0) is 4.79 Å². The molecule has 3 rings (SSSR count). The van der Waals surface area contributed by atoms with Gasteiger partial charge in [-0.2, -0.15) is 0 Å². The Bertz CT molecular complexity index is 1130. The van der Waals surface area contributed by atoms with Crippen LogP contribution in [0.15, 0.2) is 72.8 Å². The number of carbonyl (C=O) groups is 2. The summed E-state index contributed by atoms with van der Waals surface area (Å²) in [7, 11) is 1.55. The van der Waals surface area contributed by atoms with Crippen LogP contribution in [0.5, 0.6) is 5.75 Å². The topological polar surface area (TPSA) is 114 Å². The van der Waals surface area contributed by atoms with E-state index in [1.54, 1.807) is 50.4 Å². The monoisotopic (exact) mass is 448 g/mol. The Morgan fingerprint density at radius 1 is 1.00 bits per heavy atom. The zero-order chi connectivity index (χ0) is 23.8. The van der Waals surface area contributed by atoms with Crippen molar-refractivity contribution in [3.05, 3.63) is 88.5 Å². The van der Waals surface area contributed by atoms with Crippen molar-refractivity contribution in [3.63, 3.8) is 0 Å². The quantitative estimate of drug-likeness (QED) is 0.369. The normalized spacial score (nSPS) is 10.2. The number of para-hydroxylation sites is 1. The number of methoxy groups -OCH3 is 1. The second kappa shape index (κ2) is 10.8. The maximum absolute atomic E-state index is 13.0. The van der Waals surface area contributed by atoms with Gasteiger partial charge in [0, 0.05) is 29.5 Å². The Balaban J connectivity index is 1.73. The Hall–Kier alpha value is -4.40. The van der Waals surface area contributed by atoms with Crippen molar-refractivity contribution < 1.29 is 19.2 Å². The van der Waals surface area contributed by atoms with Crippen molar-refractivity contribution in [2.45, 2.75) is 6.92 Å². The predicted molar refractivity (Wildman–Crippen MR) is 126 cm³/mol. The van der Waals surface area contributed by atoms with Crippen LogP contribution in [0.1, 0.15) is 17.3 Å². The van der Waals surface area contributed by atoms with Gasteiger partial charge in [-0.3, -0.25) is 19.7 Å². The van der Waals surface area contributed by atoms with Crippen LogP contribution in [0.2, 0.25) is 0 Å². The molecule has 0 saturated heterocycles. The summed E-state index contributed by atoms with van der Waals surface area (Å²) in [5, 5.41) is 17.3. The van der Waals surface area contributed by atoms with Crippen molar-refractivity contribution in [2.75, 3.05) is 30.8 Å². The van der Waals surface area contributed by atoms with Gasteiger partial charge in [0.2, 0.25) is 5.91 Å². The molecule has 0 aromatic heterocycles. The summed E-state index contributed by atoms with van der Waals surface area (Å²) >= 11 is 0. The van der Waals surface area contributed by atoms with E-state index in [0.29, 0.717) is 17.1 Å². The number of nitrogens with one attached hydrogen (secondary N) is 2. The number of likely N-dealkylation sites (N-methyl/N-ethyl adjacent to an activating group) is 1. The van der Waals surface area contributed by atoms with Crippen LogP contribution in [0, 0.1) is 10.1 Å². The van der Waals surface area contributed by atoms with Crippen LogP contribution in [-0.4, -0.2) is 41.8 Å². The number of hydrogen-bond acceptors (Lipinski definition) is 6. The molecule has 2 N–H and O–H groups in total. The molecule has 0 aliphatic rings. The first-order chi connectivity index (χ1) is 15.9. The number of ether oxygens (including phenoxy) is 1. The summed E-state index contributed by atoms with van der Waals surface area (Å²) < 4.78 is 5.09. The fourth-order valence-electron chi connectivity index (χ4n) is 3.16. The first kappa shape index (κ1) is 23.3. The SMILES string of the molecule is CCN(CC(=O)Nc1ccc(OC)cc1)C(=O)c1ccc(Nc2ccccc2)c([N+](=O)[O-])c1. The minimum absolute atomic E-state index is 0.124. The number of nitro groups is 1. The van der Waals surface area contributed by atoms with Gasteiger partial charge in [0.15, 0.2) is 0 Å². The van der Waals surface area contributed by atoms with E-state index in [0.717, 1.165) is 0 Å². The number of anilines is 3. The lowest BCUT2D eigenvalue weighted by molar-refractivity contribution is -0.383. The van der Waals surface area contributed by atoms with E-state index < -0.39 is 10.8 Å². The molecule has 0 fully saturated rings. The highest BCUT2D eigenvalue weighted by molar-refractivity contribution is 6.00. The average Bonchev–Trinajstić information content (AvgIpc) is 2.83. The van der Waals surface area contributed by atoms with Gasteiger partial charge in [0.05, 0.1) is 12.0 Å². The molecule has 3 aromatic rings. The molecule has 0 aliphatic heterocycles. The van der Waals surface area contributed by atoms with Crippen LogP contribution < -0.4 is 15.4 Å². The molecule has 0 spiro atoms. The Labute approximate surface area is 191 Å². The molecule has 0 saturated carbocycles. The molecule has 9 nitrogen and oxygen atoms in total. The maximum atomic E-state index is 13.0. The smallest absolute Gasteiger partial charge is 0.293 e. The molecule has 0 aliphatic carbocycles. The lowest BCUT2D eigenvalue weighted by Gasteiger charge is -2.20. The second-order valence-corrected chi connectivity index (χ2v) is 7.08. The first-order valence-corrected chi connectivity index (χ1v) is 10.2. The van der Waals surface area contributed by atoms with Crippen molar-refractivity contribution in [1.82, 2.24) is 4.90 Å². The molecule has 0 atom stereocenters. The molecule has 170 valence electrons. The van der Waals surface area contributed by atoms with Gasteiger partial charge in [-0.15, -0.1) is 0 Å². The summed E-state index contributed by atoms with van der Waals surface area (Å²) in [4.78, 5) is 37.8. The molecular formula is C24H24N4O5. The van der Waals surface area contributed by atoms with E-state index in [-0.39, 0.29) is 35.9 Å². The van der Waals surface area contributed by atoms with Crippen LogP contribution in [0.25, 0.3) is 0 Å². The standard InChI is InChI=1S/C24H24N4O5/c1-3-27(16-23(29)26-19-10-12-20(33-2)13-11-19)24(30)17-9-14-21(22(15-17)28(31)32)25-18-7-5-4-6-8-18/h4-15,25H,3,16H2,1-2H3,(H,26,29). The highest BCUT2D eigenvalue weighted by atomic mass is 16.6. The summed E-state index contributed by atoms with van der Waals surface area (Å²) in [5.41, 5.74) is 1.41. The fourth-order valence-corrected chi connectivity index (χ4v) is 3.16. The van der Waals surface area contributed by atoms with Gasteiger partial charge in [0.1, 0.15) is 18.0 Å². The van der Waals surface area contributed by atoms with Gasteiger partial charge >= 0.3 is 0 Å². The van der Waals surface area contributed by atoms with E-state index in [1.165, 1.54) is 23.1 Å². The third-order valence-corrected chi connectivity index (χ3v) is 4.87. The molecule has 3 aromatic carbocycles. The van der Waals surface area contributed by atoms with E-state index in [9.17, 15) is 19.7 Å². The van der Waals surface area contributed by atoms with Crippen molar-refractivity contribution in [1.29, 1.82) is 0 Å². The summed E-state index contributed by atoms with van der Waals surface area (Å²) in [6.07, 6.45) is 0. The van der Waals surface area contributed by atoms with E-state index >= 15 is 0 Å². The first-order valence-electron chi connectivity index (χ1n) is 10.2. The number of rotatable bonds is 9. The Morgan fingerprint density at radius 2 is 1.70 bits per heavy atom. The number of amides is 2. The number of hydrogen-bond donors (Lipinski definition) is 2. The largest absolute Gasteiger partial charge is 0.497 e. The van der Waals surface area contributed by atoms with Crippen molar-refractivity contribution in [2.24, 2.45) is 0 Å². The van der Waals surface area contributed by atoms with E-state index in [2.05, 4.69) is 10.6 Å². The van der Waals surface area contributed by atoms with Gasteiger partial charge in [-0.25, -0.2) is 0 Å². The van der Waals surface area contributed by atoms with Crippen LogP contribution in [0.4, 0.5) is 22.7 Å². The third kappa shape index (κ3) is 6.07. The fraction of sp³-hybridized carbons (Fsp3) is 0.167. The summed E-state index contributed by atoms with van der Waals surface area (Å²) in [6.45, 7) is 1.80. The molecule has 0 radical (unpaired) electrons. The van der Waals surface area contributed by atoms with Gasteiger partial charge in [-0.1, -0.05) is 18.2 Å². The number of nitrogens with zero attached hydrogens (tertiary/aromatic N) is 2. The van der Waals surface area contributed by atoms with Crippen molar-refractivity contribution >= 4 is 34.6 Å². The van der Waals surface area contributed by atoms with Crippen LogP contribution in [0.3, 0.4) is 0 Å². The molecule has 0 heterocycles. The maximum Gasteiger partial charge on any atom is 0.293 e. The highest BCUT2D eigenvalue weighted by Crippen LogP contribution is 2.29. The number of benzene rings is 3. The molecule has 0 unspecified atom stereocenters. The van der Waals surface area contributed by atoms with E-state index in [1.807, 2.05) is 18.2 Å². The molecule has 2 amide bonds. The van der Waals surface area contributed by atoms with Gasteiger partial charge in [0.25, 0.3) is 11.6 Å². The molecule has 33 heavy (non-hydrogen) atoms. The molecule has 0 bridgehead atoms. The Morgan fingerprint density at radius 3 is 2.30 bits per heavy atom. The summed E-state index contributed by atoms with van der Waals surface area (Å²) in [5.74, 6) is -0.200. The Kier molecular flexibility index (Phi) is 7.59. The lowest BCUT2D eigenvalue weighted by Crippen LogP contribution is -2.37.